The van der Waals surface area contributed by atoms with Crippen molar-refractivity contribution in [3.8, 4) is 16.8 Å². The highest BCUT2D eigenvalue weighted by Crippen LogP contribution is 2.24. The Morgan fingerprint density at radius 3 is 2.72 bits per heavy atom. The minimum absolute atomic E-state index is 0.0276. The zero-order valence-corrected chi connectivity index (χ0v) is 13.6. The molecule has 0 bridgehead atoms. The van der Waals surface area contributed by atoms with Gasteiger partial charge in [0.2, 0.25) is 12.4 Å². The molecule has 4 rings (SSSR count). The average molecular weight is 330 g/mol. The maximum absolute atomic E-state index is 11.5. The van der Waals surface area contributed by atoms with Gasteiger partial charge in [-0.2, -0.15) is 0 Å². The second-order valence-electron chi connectivity index (χ2n) is 5.90. The van der Waals surface area contributed by atoms with Crippen molar-refractivity contribution in [3.05, 3.63) is 78.9 Å². The average Bonchev–Trinajstić information content (AvgIpc) is 3.05. The fourth-order valence-corrected chi connectivity index (χ4v) is 2.91. The largest absolute Gasteiger partial charge is 0.299 e. The number of ketones is 1. The molecule has 2 heterocycles. The van der Waals surface area contributed by atoms with Crippen LogP contribution in [0, 0.1) is 0 Å². The van der Waals surface area contributed by atoms with Crippen LogP contribution in [-0.2, 0) is 0 Å². The summed E-state index contributed by atoms with van der Waals surface area (Å²) < 4.78 is 3.02. The summed E-state index contributed by atoms with van der Waals surface area (Å²) in [7, 11) is 0. The van der Waals surface area contributed by atoms with E-state index in [2.05, 4.69) is 4.98 Å². The smallest absolute Gasteiger partial charge is 0.230 e. The number of fused-ring (bicyclic) bond motifs is 1. The molecule has 5 nitrogen and oxygen atoms in total. The Hall–Kier alpha value is -3.47. The number of imidazole rings is 1. The zero-order chi connectivity index (χ0) is 17.4. The lowest BCUT2D eigenvalue weighted by atomic mass is 10.1. The van der Waals surface area contributed by atoms with E-state index in [0.717, 1.165) is 32.6 Å². The van der Waals surface area contributed by atoms with Crippen molar-refractivity contribution >= 4 is 16.8 Å². The molecule has 0 amide bonds. The summed E-state index contributed by atoms with van der Waals surface area (Å²) in [6.45, 7) is 1.55. The van der Waals surface area contributed by atoms with Crippen molar-refractivity contribution in [2.45, 2.75) is 6.92 Å². The van der Waals surface area contributed by atoms with E-state index in [1.54, 1.807) is 31.7 Å². The molecule has 2 aromatic carbocycles. The first-order valence-corrected chi connectivity index (χ1v) is 7.91. The molecule has 0 aliphatic rings. The summed E-state index contributed by atoms with van der Waals surface area (Å²) >= 11 is 0. The van der Waals surface area contributed by atoms with Crippen LogP contribution in [0.3, 0.4) is 0 Å². The molecule has 0 unspecified atom stereocenters. The molecular weight excluding hydrogens is 314 g/mol. The number of hydrogen-bond donors (Lipinski definition) is 1. The molecule has 25 heavy (non-hydrogen) atoms. The summed E-state index contributed by atoms with van der Waals surface area (Å²) in [6.07, 6.45) is 4.98. The Kier molecular flexibility index (Phi) is 3.54. The summed E-state index contributed by atoms with van der Waals surface area (Å²) in [5.41, 5.74) is 5.24. The first kappa shape index (κ1) is 15.1. The third-order valence-electron chi connectivity index (χ3n) is 4.20. The van der Waals surface area contributed by atoms with Crippen LogP contribution in [-0.4, -0.2) is 20.5 Å². The molecule has 1 N–H and O–H groups in total. The fourth-order valence-electron chi connectivity index (χ4n) is 2.91. The number of Topliss-reactive ketones (excluding diaryl/α,β-unsaturated/α-hetero) is 1. The number of carbonyl (C=O) groups excluding carboxylic acids is 1. The Balaban J connectivity index is 1.81. The van der Waals surface area contributed by atoms with Crippen LogP contribution in [0.1, 0.15) is 17.3 Å². The maximum Gasteiger partial charge on any atom is 0.230 e. The molecule has 5 heteroatoms. The number of benzene rings is 2. The lowest BCUT2D eigenvalue weighted by Crippen LogP contribution is -2.28. The summed E-state index contributed by atoms with van der Waals surface area (Å²) in [6, 6.07) is 17.3. The molecule has 0 radical (unpaired) electrons. The van der Waals surface area contributed by atoms with Gasteiger partial charge in [-0.05, 0) is 48.9 Å². The van der Waals surface area contributed by atoms with E-state index in [1.165, 1.54) is 0 Å². The summed E-state index contributed by atoms with van der Waals surface area (Å²) in [5, 5.41) is 9.61. The highest BCUT2D eigenvalue weighted by molar-refractivity contribution is 5.97. The van der Waals surface area contributed by atoms with Crippen LogP contribution in [0.15, 0.2) is 73.3 Å². The number of hydrogen-bond acceptors (Lipinski definition) is 3. The number of carbonyl (C=O) groups is 1. The SMILES string of the molecule is CC(=O)c1ccc2c(c1)ncn2-c1cccc(-c2ccc[n+](O)c2)c1. The Labute approximate surface area is 144 Å². The molecule has 0 aliphatic carbocycles. The minimum Gasteiger partial charge on any atom is -0.299 e. The maximum atomic E-state index is 11.5. The monoisotopic (exact) mass is 330 g/mol. The molecule has 2 aromatic heterocycles. The van der Waals surface area contributed by atoms with E-state index in [4.69, 9.17) is 0 Å². The van der Waals surface area contributed by atoms with Crippen molar-refractivity contribution in [2.75, 3.05) is 0 Å². The van der Waals surface area contributed by atoms with Crippen molar-refractivity contribution in [2.24, 2.45) is 0 Å². The first-order chi connectivity index (χ1) is 12.1. The quantitative estimate of drug-likeness (QED) is 0.356. The van der Waals surface area contributed by atoms with Gasteiger partial charge in [-0.1, -0.05) is 12.1 Å². The Bertz CT molecular complexity index is 1100. The molecule has 0 fully saturated rings. The van der Waals surface area contributed by atoms with Gasteiger partial charge in [-0.25, -0.2) is 4.98 Å². The van der Waals surface area contributed by atoms with Crippen molar-refractivity contribution in [3.63, 3.8) is 0 Å². The zero-order valence-electron chi connectivity index (χ0n) is 13.6. The van der Waals surface area contributed by atoms with Gasteiger partial charge in [-0.3, -0.25) is 14.6 Å². The van der Waals surface area contributed by atoms with Crippen molar-refractivity contribution in [1.29, 1.82) is 0 Å². The Morgan fingerprint density at radius 2 is 1.92 bits per heavy atom. The first-order valence-electron chi connectivity index (χ1n) is 7.91. The fraction of sp³-hybridized carbons (Fsp3) is 0.0500. The molecular formula is C20H16N3O2+. The van der Waals surface area contributed by atoms with Gasteiger partial charge < -0.3 is 0 Å². The van der Waals surface area contributed by atoms with E-state index >= 15 is 0 Å². The van der Waals surface area contributed by atoms with E-state index in [1.807, 2.05) is 53.1 Å². The number of pyridine rings is 1. The third-order valence-corrected chi connectivity index (χ3v) is 4.20. The van der Waals surface area contributed by atoms with Gasteiger partial charge in [-0.15, -0.1) is 0 Å². The van der Waals surface area contributed by atoms with Gasteiger partial charge in [0.25, 0.3) is 0 Å². The van der Waals surface area contributed by atoms with Crippen molar-refractivity contribution in [1.82, 2.24) is 9.55 Å². The molecule has 0 aliphatic heterocycles. The van der Waals surface area contributed by atoms with E-state index in [0.29, 0.717) is 5.56 Å². The van der Waals surface area contributed by atoms with E-state index in [9.17, 15) is 10.0 Å². The molecule has 122 valence electrons. The lowest BCUT2D eigenvalue weighted by molar-refractivity contribution is -0.904. The number of aromatic nitrogens is 3. The van der Waals surface area contributed by atoms with Crippen LogP contribution >= 0.6 is 0 Å². The van der Waals surface area contributed by atoms with Crippen LogP contribution in [0.25, 0.3) is 27.8 Å². The van der Waals surface area contributed by atoms with Gasteiger partial charge in [0.1, 0.15) is 6.33 Å². The van der Waals surface area contributed by atoms with E-state index in [-0.39, 0.29) is 5.78 Å². The van der Waals surface area contributed by atoms with Gasteiger partial charge >= 0.3 is 0 Å². The predicted molar refractivity (Wildman–Crippen MR) is 93.9 cm³/mol. The second-order valence-corrected chi connectivity index (χ2v) is 5.90. The summed E-state index contributed by atoms with van der Waals surface area (Å²) in [5.74, 6) is 0.0276. The Morgan fingerprint density at radius 1 is 1.08 bits per heavy atom. The molecule has 0 saturated carbocycles. The molecule has 0 spiro atoms. The normalized spacial score (nSPS) is 10.9. The standard InChI is InChI=1S/C20H16N3O2/c1-14(24)15-7-8-20-19(11-15)21-13-23(20)18-6-2-4-16(10-18)17-5-3-9-22(25)12-17/h2-13,25H,1H3/q+1. The molecule has 0 atom stereocenters. The predicted octanol–water partition coefficient (Wildman–Crippen LogP) is 3.42. The van der Waals surface area contributed by atoms with Crippen LogP contribution in [0.4, 0.5) is 0 Å². The minimum atomic E-state index is 0.0276. The summed E-state index contributed by atoms with van der Waals surface area (Å²) in [4.78, 5) is 16.0. The highest BCUT2D eigenvalue weighted by Gasteiger charge is 2.09. The van der Waals surface area contributed by atoms with Crippen LogP contribution in [0.5, 0.6) is 0 Å². The van der Waals surface area contributed by atoms with Gasteiger partial charge in [0, 0.05) is 22.0 Å². The third kappa shape index (κ3) is 2.76. The van der Waals surface area contributed by atoms with Crippen LogP contribution in [0.2, 0.25) is 0 Å². The molecule has 0 saturated heterocycles. The topological polar surface area (TPSA) is 59.0 Å². The van der Waals surface area contributed by atoms with E-state index < -0.39 is 0 Å². The van der Waals surface area contributed by atoms with Crippen molar-refractivity contribution < 1.29 is 14.7 Å². The number of rotatable bonds is 3. The second kappa shape index (κ2) is 5.87. The number of nitrogens with zero attached hydrogens (tertiary/aromatic N) is 3. The van der Waals surface area contributed by atoms with Crippen LogP contribution < -0.4 is 4.73 Å². The molecule has 4 aromatic rings. The lowest BCUT2D eigenvalue weighted by Gasteiger charge is -2.07. The highest BCUT2D eigenvalue weighted by atomic mass is 16.5. The van der Waals surface area contributed by atoms with Gasteiger partial charge in [0.05, 0.1) is 16.6 Å². The van der Waals surface area contributed by atoms with Gasteiger partial charge in [0.15, 0.2) is 5.78 Å².